The Morgan fingerprint density at radius 1 is 1.10 bits per heavy atom. The van der Waals surface area contributed by atoms with Gasteiger partial charge in [0, 0.05) is 13.8 Å². The first-order valence-electron chi connectivity index (χ1n) is 9.25. The van der Waals surface area contributed by atoms with Gasteiger partial charge in [-0.3, -0.25) is 9.59 Å². The monoisotopic (exact) mass is 427 g/mol. The maximum Gasteiger partial charge on any atom is 0.343 e. The molecule has 2 aromatic rings. The number of hydrogen-bond donors (Lipinski definition) is 1. The molecule has 2 aromatic carbocycles. The number of nitrogens with zero attached hydrogens (tertiary/aromatic N) is 2. The van der Waals surface area contributed by atoms with Gasteiger partial charge in [0.2, 0.25) is 11.8 Å². The van der Waals surface area contributed by atoms with Crippen LogP contribution < -0.4 is 14.8 Å². The summed E-state index contributed by atoms with van der Waals surface area (Å²) in [6, 6.07) is 13.7. The Morgan fingerprint density at radius 2 is 1.83 bits per heavy atom. The molecular formula is C21H21N3O5S. The van der Waals surface area contributed by atoms with Gasteiger partial charge in [-0.25, -0.2) is 9.80 Å². The molecule has 3 rings (SSSR count). The molecule has 0 saturated carbocycles. The second-order valence-corrected chi connectivity index (χ2v) is 7.38. The Hall–Kier alpha value is -3.33. The molecule has 0 radical (unpaired) electrons. The third kappa shape index (κ3) is 4.98. The molecule has 0 aliphatic carbocycles. The number of rotatable bonds is 5. The Morgan fingerprint density at radius 3 is 2.47 bits per heavy atom. The SMILES string of the molecule is CCOc1cc([C@H]2SC(NC(C)=O)=NN2C(C)=O)ccc1OC(=O)c1ccccc1. The number of thioether (sulfide) groups is 1. The molecule has 156 valence electrons. The van der Waals surface area contributed by atoms with Crippen LogP contribution in [-0.2, 0) is 9.59 Å². The molecule has 0 bridgehead atoms. The number of carbonyl (C=O) groups excluding carboxylic acids is 3. The van der Waals surface area contributed by atoms with Crippen molar-refractivity contribution in [2.45, 2.75) is 26.1 Å². The minimum absolute atomic E-state index is 0.273. The van der Waals surface area contributed by atoms with Gasteiger partial charge in [-0.15, -0.1) is 5.10 Å². The number of ether oxygens (including phenoxy) is 2. The molecule has 0 fully saturated rings. The van der Waals surface area contributed by atoms with E-state index in [1.165, 1.54) is 30.6 Å². The summed E-state index contributed by atoms with van der Waals surface area (Å²) in [7, 11) is 0. The van der Waals surface area contributed by atoms with Crippen LogP contribution in [0, 0.1) is 0 Å². The summed E-state index contributed by atoms with van der Waals surface area (Å²) >= 11 is 1.23. The molecule has 2 amide bonds. The summed E-state index contributed by atoms with van der Waals surface area (Å²) in [4.78, 5) is 35.8. The third-order valence-corrected chi connectivity index (χ3v) is 5.12. The minimum Gasteiger partial charge on any atom is -0.490 e. The van der Waals surface area contributed by atoms with Crippen molar-refractivity contribution in [3.63, 3.8) is 0 Å². The van der Waals surface area contributed by atoms with E-state index in [4.69, 9.17) is 9.47 Å². The largest absolute Gasteiger partial charge is 0.490 e. The quantitative estimate of drug-likeness (QED) is 0.581. The van der Waals surface area contributed by atoms with Crippen molar-refractivity contribution in [3.8, 4) is 11.5 Å². The molecule has 1 aliphatic heterocycles. The Kier molecular flexibility index (Phi) is 6.73. The van der Waals surface area contributed by atoms with Gasteiger partial charge in [-0.1, -0.05) is 36.0 Å². The summed E-state index contributed by atoms with van der Waals surface area (Å²) in [6.07, 6.45) is 0. The first kappa shape index (κ1) is 21.4. The molecule has 0 aromatic heterocycles. The fourth-order valence-electron chi connectivity index (χ4n) is 2.74. The van der Waals surface area contributed by atoms with Crippen LogP contribution >= 0.6 is 11.8 Å². The number of hydrazone groups is 1. The number of hydrogen-bond acceptors (Lipinski definition) is 7. The maximum atomic E-state index is 12.4. The summed E-state index contributed by atoms with van der Waals surface area (Å²) in [5.41, 5.74) is 1.13. The second-order valence-electron chi connectivity index (χ2n) is 6.31. The lowest BCUT2D eigenvalue weighted by atomic mass is 10.2. The van der Waals surface area contributed by atoms with Gasteiger partial charge in [-0.05, 0) is 36.8 Å². The fourth-order valence-corrected chi connectivity index (χ4v) is 3.87. The zero-order valence-electron chi connectivity index (χ0n) is 16.7. The van der Waals surface area contributed by atoms with Gasteiger partial charge < -0.3 is 14.8 Å². The van der Waals surface area contributed by atoms with E-state index in [0.29, 0.717) is 28.7 Å². The molecule has 1 heterocycles. The summed E-state index contributed by atoms with van der Waals surface area (Å²) in [6.45, 7) is 4.95. The first-order valence-corrected chi connectivity index (χ1v) is 10.1. The predicted octanol–water partition coefficient (Wildman–Crippen LogP) is 3.31. The third-order valence-electron chi connectivity index (χ3n) is 4.01. The van der Waals surface area contributed by atoms with Crippen LogP contribution in [0.3, 0.4) is 0 Å². The van der Waals surface area contributed by atoms with E-state index in [0.717, 1.165) is 0 Å². The highest BCUT2D eigenvalue weighted by Gasteiger charge is 2.33. The van der Waals surface area contributed by atoms with E-state index in [1.54, 1.807) is 42.5 Å². The summed E-state index contributed by atoms with van der Waals surface area (Å²) < 4.78 is 11.2. The van der Waals surface area contributed by atoms with Crippen LogP contribution in [-0.4, -0.2) is 34.6 Å². The van der Waals surface area contributed by atoms with E-state index < -0.39 is 11.3 Å². The van der Waals surface area contributed by atoms with Crippen LogP contribution in [0.15, 0.2) is 53.6 Å². The van der Waals surface area contributed by atoms with Crippen molar-refractivity contribution in [1.82, 2.24) is 10.3 Å². The molecule has 8 nitrogen and oxygen atoms in total. The lowest BCUT2D eigenvalue weighted by Gasteiger charge is -2.20. The van der Waals surface area contributed by atoms with Crippen molar-refractivity contribution in [2.75, 3.05) is 6.61 Å². The van der Waals surface area contributed by atoms with E-state index >= 15 is 0 Å². The Balaban J connectivity index is 1.86. The second kappa shape index (κ2) is 9.45. The van der Waals surface area contributed by atoms with Gasteiger partial charge >= 0.3 is 5.97 Å². The van der Waals surface area contributed by atoms with Gasteiger partial charge in [0.15, 0.2) is 16.7 Å². The first-order chi connectivity index (χ1) is 14.4. The molecule has 0 spiro atoms. The number of esters is 1. The van der Waals surface area contributed by atoms with Crippen molar-refractivity contribution < 1.29 is 23.9 Å². The van der Waals surface area contributed by atoms with Crippen LogP contribution in [0.25, 0.3) is 0 Å². The molecule has 0 saturated heterocycles. The Labute approximate surface area is 178 Å². The smallest absolute Gasteiger partial charge is 0.343 e. The fraction of sp³-hybridized carbons (Fsp3) is 0.238. The number of carbonyl (C=O) groups is 3. The van der Waals surface area contributed by atoms with Crippen LogP contribution in [0.1, 0.15) is 42.1 Å². The predicted molar refractivity (Wildman–Crippen MR) is 113 cm³/mol. The average molecular weight is 427 g/mol. The highest BCUT2D eigenvalue weighted by Crippen LogP contribution is 2.41. The van der Waals surface area contributed by atoms with Crippen molar-refractivity contribution in [3.05, 3.63) is 59.7 Å². The highest BCUT2D eigenvalue weighted by molar-refractivity contribution is 8.14. The molecule has 30 heavy (non-hydrogen) atoms. The zero-order valence-corrected chi connectivity index (χ0v) is 17.6. The number of amides is 2. The van der Waals surface area contributed by atoms with E-state index in [9.17, 15) is 14.4 Å². The van der Waals surface area contributed by atoms with Crippen LogP contribution in [0.5, 0.6) is 11.5 Å². The van der Waals surface area contributed by atoms with E-state index in [2.05, 4.69) is 10.4 Å². The van der Waals surface area contributed by atoms with Gasteiger partial charge in [0.25, 0.3) is 0 Å². The van der Waals surface area contributed by atoms with Crippen molar-refractivity contribution >= 4 is 34.7 Å². The van der Waals surface area contributed by atoms with Gasteiger partial charge in [0.05, 0.1) is 12.2 Å². The molecule has 9 heteroatoms. The minimum atomic E-state index is -0.499. The van der Waals surface area contributed by atoms with Crippen molar-refractivity contribution in [1.29, 1.82) is 0 Å². The summed E-state index contributed by atoms with van der Waals surface area (Å²) in [5, 5.41) is 7.92. The van der Waals surface area contributed by atoms with Gasteiger partial charge in [0.1, 0.15) is 5.37 Å². The summed E-state index contributed by atoms with van der Waals surface area (Å²) in [5.74, 6) is -0.402. The molecule has 1 aliphatic rings. The van der Waals surface area contributed by atoms with E-state index in [-0.39, 0.29) is 17.6 Å². The number of nitrogens with one attached hydrogen (secondary N) is 1. The molecule has 1 atom stereocenters. The lowest BCUT2D eigenvalue weighted by Crippen LogP contribution is -2.25. The maximum absolute atomic E-state index is 12.4. The number of amidine groups is 1. The average Bonchev–Trinajstić information content (AvgIpc) is 3.13. The molecule has 1 N–H and O–H groups in total. The lowest BCUT2D eigenvalue weighted by molar-refractivity contribution is -0.129. The Bertz CT molecular complexity index is 993. The van der Waals surface area contributed by atoms with Crippen molar-refractivity contribution in [2.24, 2.45) is 5.10 Å². The van der Waals surface area contributed by atoms with E-state index in [1.807, 2.05) is 13.0 Å². The van der Waals surface area contributed by atoms with Gasteiger partial charge in [-0.2, -0.15) is 0 Å². The standard InChI is InChI=1S/C21H21N3O5S/c1-4-28-18-12-16(19-24(14(3)26)23-21(30-19)22-13(2)25)10-11-17(18)29-20(27)15-8-6-5-7-9-15/h5-12,19H,4H2,1-3H3,(H,22,23,25)/t19-/m1/s1. The zero-order chi connectivity index (χ0) is 21.7. The highest BCUT2D eigenvalue weighted by atomic mass is 32.2. The molecular weight excluding hydrogens is 406 g/mol. The molecule has 0 unspecified atom stereocenters. The van der Waals surface area contributed by atoms with Crippen LogP contribution in [0.2, 0.25) is 0 Å². The van der Waals surface area contributed by atoms with Crippen LogP contribution in [0.4, 0.5) is 0 Å². The topological polar surface area (TPSA) is 97.3 Å². The normalized spacial score (nSPS) is 15.4. The number of benzene rings is 2.